The lowest BCUT2D eigenvalue weighted by molar-refractivity contribution is -0.139. The first-order valence-corrected chi connectivity index (χ1v) is 8.59. The van der Waals surface area contributed by atoms with E-state index in [1.165, 1.54) is 12.1 Å². The van der Waals surface area contributed by atoms with E-state index in [2.05, 4.69) is 5.32 Å². The molecule has 0 aliphatic heterocycles. The second-order valence-corrected chi connectivity index (χ2v) is 6.98. The molecule has 118 valence electrons. The predicted octanol–water partition coefficient (Wildman–Crippen LogP) is 1.20. The molecule has 0 bridgehead atoms. The van der Waals surface area contributed by atoms with E-state index in [0.29, 0.717) is 12.8 Å². The monoisotopic (exact) mass is 317 g/mol. The van der Waals surface area contributed by atoms with Crippen LogP contribution in [0.4, 0.5) is 0 Å². The van der Waals surface area contributed by atoms with Crippen molar-refractivity contribution in [1.82, 2.24) is 5.32 Å². The Morgan fingerprint density at radius 2 is 2.05 bits per heavy atom. The highest BCUT2D eigenvalue weighted by Gasteiger charge is 2.22. The lowest BCUT2D eigenvalue weighted by atomic mass is 10.1. The van der Waals surface area contributed by atoms with Crippen molar-refractivity contribution >= 4 is 21.7 Å². The highest BCUT2D eigenvalue weighted by atomic mass is 32.2. The summed E-state index contributed by atoms with van der Waals surface area (Å²) in [6.07, 6.45) is 2.88. The number of sulfone groups is 1. The third-order valence-corrected chi connectivity index (χ3v) is 3.55. The number of carboxylic acids is 1. The van der Waals surface area contributed by atoms with Crippen LogP contribution < -0.4 is 5.32 Å². The average Bonchev–Trinajstić information content (AvgIpc) is 2.79. The summed E-state index contributed by atoms with van der Waals surface area (Å²) in [5.74, 6) is -2.05. The van der Waals surface area contributed by atoms with Crippen LogP contribution in [0.15, 0.2) is 16.5 Å². The molecular weight excluding hydrogens is 298 g/mol. The van der Waals surface area contributed by atoms with Gasteiger partial charge in [0.2, 0.25) is 0 Å². The number of furan rings is 1. The number of aliphatic carboxylic acids is 1. The third-order valence-electron chi connectivity index (χ3n) is 2.74. The van der Waals surface area contributed by atoms with Gasteiger partial charge in [-0.25, -0.2) is 13.2 Å². The maximum absolute atomic E-state index is 11.9. The molecule has 0 radical (unpaired) electrons. The Kier molecular flexibility index (Phi) is 5.95. The fraction of sp³-hybridized carbons (Fsp3) is 0.538. The highest BCUT2D eigenvalue weighted by Crippen LogP contribution is 2.12. The van der Waals surface area contributed by atoms with Gasteiger partial charge in [-0.05, 0) is 18.6 Å². The minimum absolute atomic E-state index is 0.101. The van der Waals surface area contributed by atoms with Gasteiger partial charge < -0.3 is 14.8 Å². The molecule has 0 saturated heterocycles. The molecular formula is C13H19NO6S. The Morgan fingerprint density at radius 3 is 2.57 bits per heavy atom. The molecule has 2 N–H and O–H groups in total. The summed E-state index contributed by atoms with van der Waals surface area (Å²) in [4.78, 5) is 22.9. The number of carbonyl (C=O) groups excluding carboxylic acids is 1. The van der Waals surface area contributed by atoms with Gasteiger partial charge in [0.15, 0.2) is 15.6 Å². The van der Waals surface area contributed by atoms with Gasteiger partial charge in [-0.2, -0.15) is 0 Å². The van der Waals surface area contributed by atoms with E-state index in [4.69, 9.17) is 9.52 Å². The van der Waals surface area contributed by atoms with Crippen LogP contribution in [0.25, 0.3) is 0 Å². The Balaban J connectivity index is 2.72. The van der Waals surface area contributed by atoms with Crippen molar-refractivity contribution in [2.45, 2.75) is 38.0 Å². The van der Waals surface area contributed by atoms with E-state index in [1.807, 2.05) is 6.92 Å². The zero-order valence-electron chi connectivity index (χ0n) is 12.0. The first-order valence-electron chi connectivity index (χ1n) is 6.53. The van der Waals surface area contributed by atoms with Gasteiger partial charge in [0, 0.05) is 6.26 Å². The predicted molar refractivity (Wildman–Crippen MR) is 75.7 cm³/mol. The maximum Gasteiger partial charge on any atom is 0.326 e. The number of rotatable bonds is 8. The molecule has 0 aliphatic rings. The van der Waals surface area contributed by atoms with Crippen molar-refractivity contribution in [1.29, 1.82) is 0 Å². The van der Waals surface area contributed by atoms with E-state index >= 15 is 0 Å². The van der Waals surface area contributed by atoms with E-state index in [1.54, 1.807) is 0 Å². The molecule has 0 aromatic carbocycles. The van der Waals surface area contributed by atoms with E-state index < -0.39 is 27.8 Å². The SMILES string of the molecule is CCCC[C@H](NC(=O)c1ccc(CS(C)(=O)=O)o1)C(=O)O. The van der Waals surface area contributed by atoms with Gasteiger partial charge in [0.25, 0.3) is 5.91 Å². The van der Waals surface area contributed by atoms with Gasteiger partial charge in [0.05, 0.1) is 0 Å². The summed E-state index contributed by atoms with van der Waals surface area (Å²) in [5, 5.41) is 11.4. The second kappa shape index (κ2) is 7.26. The van der Waals surface area contributed by atoms with Crippen molar-refractivity contribution in [3.63, 3.8) is 0 Å². The molecule has 0 saturated carbocycles. The van der Waals surface area contributed by atoms with Crippen molar-refractivity contribution in [3.05, 3.63) is 23.7 Å². The molecule has 7 nitrogen and oxygen atoms in total. The van der Waals surface area contributed by atoms with Crippen molar-refractivity contribution in [2.24, 2.45) is 0 Å². The molecule has 1 aromatic heterocycles. The smallest absolute Gasteiger partial charge is 0.326 e. The Hall–Kier alpha value is -1.83. The third kappa shape index (κ3) is 5.99. The molecule has 1 rings (SSSR count). The lowest BCUT2D eigenvalue weighted by Gasteiger charge is -2.12. The number of unbranched alkanes of at least 4 members (excludes halogenated alkanes) is 1. The number of hydrogen-bond donors (Lipinski definition) is 2. The summed E-state index contributed by atoms with van der Waals surface area (Å²) < 4.78 is 27.4. The molecule has 8 heteroatoms. The molecule has 0 unspecified atom stereocenters. The van der Waals surface area contributed by atoms with Crippen molar-refractivity contribution in [2.75, 3.05) is 6.26 Å². The Bertz CT molecular complexity index is 604. The summed E-state index contributed by atoms with van der Waals surface area (Å²) in [5.41, 5.74) is 0. The Morgan fingerprint density at radius 1 is 1.38 bits per heavy atom. The van der Waals surface area contributed by atoms with Crippen LogP contribution in [0.3, 0.4) is 0 Å². The van der Waals surface area contributed by atoms with Gasteiger partial charge >= 0.3 is 5.97 Å². The fourth-order valence-electron chi connectivity index (χ4n) is 1.73. The summed E-state index contributed by atoms with van der Waals surface area (Å²) in [6, 6.07) is 1.73. The Labute approximate surface area is 123 Å². The second-order valence-electron chi connectivity index (χ2n) is 4.84. The molecule has 1 heterocycles. The fourth-order valence-corrected chi connectivity index (χ4v) is 2.40. The zero-order valence-corrected chi connectivity index (χ0v) is 12.8. The number of nitrogens with one attached hydrogen (secondary N) is 1. The van der Waals surface area contributed by atoms with Crippen LogP contribution >= 0.6 is 0 Å². The minimum atomic E-state index is -3.26. The minimum Gasteiger partial charge on any atom is -0.480 e. The van der Waals surface area contributed by atoms with Crippen LogP contribution in [-0.4, -0.2) is 37.7 Å². The standard InChI is InChI=1S/C13H19NO6S/c1-3-4-5-10(13(16)17)14-12(15)11-7-6-9(20-11)8-21(2,18)19/h6-7,10H,3-5,8H2,1-2H3,(H,14,15)(H,16,17)/t10-/m0/s1. The highest BCUT2D eigenvalue weighted by molar-refractivity contribution is 7.89. The molecule has 1 atom stereocenters. The molecule has 0 spiro atoms. The van der Waals surface area contributed by atoms with E-state index in [-0.39, 0.29) is 17.3 Å². The number of amides is 1. The number of carbonyl (C=O) groups is 2. The van der Waals surface area contributed by atoms with Gasteiger partial charge in [-0.3, -0.25) is 4.79 Å². The van der Waals surface area contributed by atoms with Crippen LogP contribution in [0.2, 0.25) is 0 Å². The van der Waals surface area contributed by atoms with Crippen molar-refractivity contribution < 1.29 is 27.5 Å². The first-order chi connectivity index (χ1) is 9.73. The molecule has 0 aliphatic carbocycles. The summed E-state index contributed by atoms with van der Waals surface area (Å²) >= 11 is 0. The topological polar surface area (TPSA) is 114 Å². The quantitative estimate of drug-likeness (QED) is 0.744. The molecule has 1 aromatic rings. The van der Waals surface area contributed by atoms with Crippen LogP contribution in [0, 0.1) is 0 Å². The number of carboxylic acid groups (broad SMARTS) is 1. The van der Waals surface area contributed by atoms with Gasteiger partial charge in [0.1, 0.15) is 17.6 Å². The van der Waals surface area contributed by atoms with Gasteiger partial charge in [-0.15, -0.1) is 0 Å². The molecule has 21 heavy (non-hydrogen) atoms. The summed E-state index contributed by atoms with van der Waals surface area (Å²) in [7, 11) is -3.26. The van der Waals surface area contributed by atoms with E-state index in [0.717, 1.165) is 12.7 Å². The van der Waals surface area contributed by atoms with Crippen LogP contribution in [0.5, 0.6) is 0 Å². The van der Waals surface area contributed by atoms with Gasteiger partial charge in [-0.1, -0.05) is 19.8 Å². The molecule has 0 fully saturated rings. The zero-order chi connectivity index (χ0) is 16.0. The summed E-state index contributed by atoms with van der Waals surface area (Å²) in [6.45, 7) is 1.92. The lowest BCUT2D eigenvalue weighted by Crippen LogP contribution is -2.40. The normalized spacial score (nSPS) is 12.9. The maximum atomic E-state index is 11.9. The number of hydrogen-bond acceptors (Lipinski definition) is 5. The van der Waals surface area contributed by atoms with Crippen molar-refractivity contribution in [3.8, 4) is 0 Å². The molecule has 1 amide bonds. The average molecular weight is 317 g/mol. The van der Waals surface area contributed by atoms with Crippen LogP contribution in [-0.2, 0) is 20.4 Å². The first kappa shape index (κ1) is 17.2. The van der Waals surface area contributed by atoms with E-state index in [9.17, 15) is 18.0 Å². The largest absolute Gasteiger partial charge is 0.480 e. The van der Waals surface area contributed by atoms with Crippen LogP contribution in [0.1, 0.15) is 42.5 Å².